The Labute approximate surface area is 130 Å². The number of ether oxygens (including phenoxy) is 1. The lowest BCUT2D eigenvalue weighted by molar-refractivity contribution is 0.00205. The molecule has 5 nitrogen and oxygen atoms in total. The summed E-state index contributed by atoms with van der Waals surface area (Å²) >= 11 is 0. The van der Waals surface area contributed by atoms with Gasteiger partial charge in [0.1, 0.15) is 5.56 Å². The van der Waals surface area contributed by atoms with Crippen LogP contribution in [0.25, 0.3) is 0 Å². The van der Waals surface area contributed by atoms with Gasteiger partial charge in [0, 0.05) is 25.4 Å². The van der Waals surface area contributed by atoms with Gasteiger partial charge in [0.05, 0.1) is 6.10 Å². The first-order valence-corrected chi connectivity index (χ1v) is 8.35. The van der Waals surface area contributed by atoms with Crippen LogP contribution in [0.15, 0.2) is 10.9 Å². The second-order valence-electron chi connectivity index (χ2n) is 6.26. The number of carbonyl (C=O) groups is 1. The highest BCUT2D eigenvalue weighted by atomic mass is 16.5. The first kappa shape index (κ1) is 15.3. The van der Waals surface area contributed by atoms with Crippen molar-refractivity contribution in [2.75, 3.05) is 19.7 Å². The van der Waals surface area contributed by atoms with Crippen LogP contribution in [-0.2, 0) is 17.6 Å². The monoisotopic (exact) mass is 304 g/mol. The largest absolute Gasteiger partial charge is 0.376 e. The van der Waals surface area contributed by atoms with Crippen LogP contribution in [0, 0.1) is 0 Å². The van der Waals surface area contributed by atoms with E-state index in [1.165, 1.54) is 0 Å². The first-order chi connectivity index (χ1) is 10.7. The van der Waals surface area contributed by atoms with Crippen molar-refractivity contribution in [3.05, 3.63) is 33.2 Å². The second-order valence-corrected chi connectivity index (χ2v) is 6.26. The van der Waals surface area contributed by atoms with Gasteiger partial charge in [-0.3, -0.25) is 9.59 Å². The number of fused-ring (bicyclic) bond motifs is 1. The number of aromatic nitrogens is 1. The highest BCUT2D eigenvalue weighted by molar-refractivity contribution is 5.94. The van der Waals surface area contributed by atoms with Crippen molar-refractivity contribution in [1.82, 2.24) is 9.88 Å². The molecule has 1 saturated heterocycles. The number of hydrogen-bond acceptors (Lipinski definition) is 3. The van der Waals surface area contributed by atoms with Crippen LogP contribution < -0.4 is 5.56 Å². The molecule has 1 aliphatic carbocycles. The third-order valence-corrected chi connectivity index (χ3v) is 4.54. The van der Waals surface area contributed by atoms with Crippen LogP contribution in [0.4, 0.5) is 0 Å². The molecule has 2 heterocycles. The normalized spacial score (nSPS) is 21.0. The van der Waals surface area contributed by atoms with Crippen molar-refractivity contribution in [2.24, 2.45) is 0 Å². The average molecular weight is 304 g/mol. The fraction of sp³-hybridized carbons (Fsp3) is 0.647. The van der Waals surface area contributed by atoms with Crippen molar-refractivity contribution in [3.8, 4) is 0 Å². The van der Waals surface area contributed by atoms with Crippen LogP contribution in [0.5, 0.6) is 0 Å². The van der Waals surface area contributed by atoms with Crippen molar-refractivity contribution < 1.29 is 9.53 Å². The summed E-state index contributed by atoms with van der Waals surface area (Å²) in [5.41, 5.74) is 2.17. The van der Waals surface area contributed by atoms with Crippen molar-refractivity contribution in [1.29, 1.82) is 0 Å². The Kier molecular flexibility index (Phi) is 4.62. The predicted molar refractivity (Wildman–Crippen MR) is 84.3 cm³/mol. The van der Waals surface area contributed by atoms with Gasteiger partial charge in [-0.05, 0) is 50.2 Å². The topological polar surface area (TPSA) is 62.4 Å². The molecule has 1 aromatic heterocycles. The maximum absolute atomic E-state index is 12.7. The van der Waals surface area contributed by atoms with Crippen molar-refractivity contribution >= 4 is 5.91 Å². The lowest BCUT2D eigenvalue weighted by Gasteiger charge is -2.32. The van der Waals surface area contributed by atoms with Gasteiger partial charge in [-0.25, -0.2) is 0 Å². The molecule has 1 amide bonds. The third kappa shape index (κ3) is 3.09. The van der Waals surface area contributed by atoms with Gasteiger partial charge in [0.15, 0.2) is 0 Å². The molecule has 0 aromatic carbocycles. The minimum Gasteiger partial charge on any atom is -0.376 e. The molecular weight excluding hydrogens is 280 g/mol. The van der Waals surface area contributed by atoms with E-state index in [0.717, 1.165) is 56.4 Å². The molecule has 0 saturated carbocycles. The van der Waals surface area contributed by atoms with Gasteiger partial charge in [-0.2, -0.15) is 0 Å². The zero-order valence-electron chi connectivity index (χ0n) is 13.2. The molecule has 0 radical (unpaired) electrons. The van der Waals surface area contributed by atoms with E-state index >= 15 is 0 Å². The number of amides is 1. The number of aromatic amines is 1. The molecule has 120 valence electrons. The Morgan fingerprint density at radius 2 is 2.27 bits per heavy atom. The number of hydrogen-bond donors (Lipinski definition) is 1. The highest BCUT2D eigenvalue weighted by Crippen LogP contribution is 2.20. The number of H-pyrrole nitrogens is 1. The maximum Gasteiger partial charge on any atom is 0.261 e. The summed E-state index contributed by atoms with van der Waals surface area (Å²) in [6.45, 7) is 4.11. The van der Waals surface area contributed by atoms with Gasteiger partial charge in [-0.15, -0.1) is 0 Å². The zero-order valence-corrected chi connectivity index (χ0v) is 13.2. The predicted octanol–water partition coefficient (Wildman–Crippen LogP) is 1.89. The summed E-state index contributed by atoms with van der Waals surface area (Å²) in [7, 11) is 0. The van der Waals surface area contributed by atoms with Crippen LogP contribution >= 0.6 is 0 Å². The molecule has 1 aromatic rings. The molecule has 22 heavy (non-hydrogen) atoms. The summed E-state index contributed by atoms with van der Waals surface area (Å²) in [4.78, 5) is 29.5. The molecular formula is C17H24N2O3. The van der Waals surface area contributed by atoms with Crippen molar-refractivity contribution in [2.45, 2.75) is 51.6 Å². The van der Waals surface area contributed by atoms with Crippen LogP contribution in [0.2, 0.25) is 0 Å². The molecule has 1 fully saturated rings. The lowest BCUT2D eigenvalue weighted by atomic mass is 10.1. The first-order valence-electron chi connectivity index (χ1n) is 8.35. The number of rotatable bonds is 4. The third-order valence-electron chi connectivity index (χ3n) is 4.54. The SMILES string of the molecule is CCCO[C@H]1CCCN(C(=O)c2cc3c([nH]c2=O)CCC3)C1. The van der Waals surface area contributed by atoms with Crippen LogP contribution in [0.1, 0.15) is 54.2 Å². The summed E-state index contributed by atoms with van der Waals surface area (Å²) in [5, 5.41) is 0. The van der Waals surface area contributed by atoms with E-state index in [-0.39, 0.29) is 23.1 Å². The number of aryl methyl sites for hydroxylation is 2. The Morgan fingerprint density at radius 3 is 3.09 bits per heavy atom. The molecule has 0 spiro atoms. The minimum absolute atomic E-state index is 0.103. The molecule has 0 unspecified atom stereocenters. The number of likely N-dealkylation sites (tertiary alicyclic amines) is 1. The van der Waals surface area contributed by atoms with E-state index in [0.29, 0.717) is 13.1 Å². The van der Waals surface area contributed by atoms with Gasteiger partial charge in [-0.1, -0.05) is 6.92 Å². The fourth-order valence-electron chi connectivity index (χ4n) is 3.39. The fourth-order valence-corrected chi connectivity index (χ4v) is 3.39. The Bertz CT molecular complexity index is 608. The Morgan fingerprint density at radius 1 is 1.41 bits per heavy atom. The summed E-state index contributed by atoms with van der Waals surface area (Å²) in [5.74, 6) is -0.152. The van der Waals surface area contributed by atoms with E-state index in [9.17, 15) is 9.59 Å². The van der Waals surface area contributed by atoms with Gasteiger partial charge in [0.25, 0.3) is 11.5 Å². The molecule has 1 N–H and O–H groups in total. The highest BCUT2D eigenvalue weighted by Gasteiger charge is 2.27. The minimum atomic E-state index is -0.248. The lowest BCUT2D eigenvalue weighted by Crippen LogP contribution is -2.44. The molecule has 1 aliphatic heterocycles. The quantitative estimate of drug-likeness (QED) is 0.924. The van der Waals surface area contributed by atoms with E-state index in [1.807, 2.05) is 0 Å². The Balaban J connectivity index is 1.75. The average Bonchev–Trinajstić information content (AvgIpc) is 2.99. The standard InChI is InChI=1S/C17H24N2O3/c1-2-9-22-13-6-4-8-19(11-13)17(21)14-10-12-5-3-7-15(12)18-16(14)20/h10,13H,2-9,11H2,1H3,(H,18,20)/t13-/m0/s1. The molecule has 2 aliphatic rings. The summed E-state index contributed by atoms with van der Waals surface area (Å²) in [6, 6.07) is 1.81. The number of carbonyl (C=O) groups excluding carboxylic acids is 1. The molecule has 1 atom stereocenters. The summed E-state index contributed by atoms with van der Waals surface area (Å²) in [6.07, 6.45) is 5.93. The number of nitrogens with one attached hydrogen (secondary N) is 1. The van der Waals surface area contributed by atoms with E-state index in [4.69, 9.17) is 4.74 Å². The van der Waals surface area contributed by atoms with Gasteiger partial charge < -0.3 is 14.6 Å². The van der Waals surface area contributed by atoms with E-state index in [1.54, 1.807) is 11.0 Å². The second kappa shape index (κ2) is 6.65. The zero-order chi connectivity index (χ0) is 15.5. The van der Waals surface area contributed by atoms with Crippen LogP contribution in [0.3, 0.4) is 0 Å². The number of nitrogens with zero attached hydrogens (tertiary/aromatic N) is 1. The maximum atomic E-state index is 12.7. The van der Waals surface area contributed by atoms with E-state index < -0.39 is 0 Å². The van der Waals surface area contributed by atoms with Crippen molar-refractivity contribution in [3.63, 3.8) is 0 Å². The van der Waals surface area contributed by atoms with Gasteiger partial charge >= 0.3 is 0 Å². The van der Waals surface area contributed by atoms with Crippen LogP contribution in [-0.4, -0.2) is 41.6 Å². The molecule has 5 heteroatoms. The van der Waals surface area contributed by atoms with E-state index in [2.05, 4.69) is 11.9 Å². The number of piperidine rings is 1. The number of pyridine rings is 1. The smallest absolute Gasteiger partial charge is 0.261 e. The van der Waals surface area contributed by atoms with Gasteiger partial charge in [0.2, 0.25) is 0 Å². The Hall–Kier alpha value is -1.62. The summed E-state index contributed by atoms with van der Waals surface area (Å²) < 4.78 is 5.77. The molecule has 3 rings (SSSR count). The molecule has 0 bridgehead atoms.